The maximum atomic E-state index is 13.2. The van der Waals surface area contributed by atoms with Gasteiger partial charge in [0.2, 0.25) is 0 Å². The standard InChI is InChI=1S/C27H34N2O/c1-2-3-5-14-26-24(21-10-6-4-7-11-21)17-23(19-29-26)27(30)16-20-15-22-12-8-9-13-25(22)28-18-20/h4,6-8,10-12,18,22-24H,2-3,5,9,13-17,19H2,1H3. The van der Waals surface area contributed by atoms with E-state index in [9.17, 15) is 4.79 Å². The second-order valence-corrected chi connectivity index (χ2v) is 9.01. The molecule has 0 aromatic heterocycles. The lowest BCUT2D eigenvalue weighted by Gasteiger charge is -2.30. The van der Waals surface area contributed by atoms with E-state index in [4.69, 9.17) is 4.99 Å². The lowest BCUT2D eigenvalue weighted by Crippen LogP contribution is -2.30. The van der Waals surface area contributed by atoms with E-state index >= 15 is 0 Å². The number of allylic oxidation sites excluding steroid dienone is 3. The van der Waals surface area contributed by atoms with E-state index in [2.05, 4.69) is 54.4 Å². The minimum absolute atomic E-state index is 0.0262. The van der Waals surface area contributed by atoms with E-state index in [0.29, 0.717) is 24.7 Å². The van der Waals surface area contributed by atoms with Crippen LogP contribution in [-0.4, -0.2) is 23.8 Å². The number of carbonyl (C=O) groups excluding carboxylic acids is 1. The van der Waals surface area contributed by atoms with Crippen molar-refractivity contribution in [2.45, 2.75) is 70.6 Å². The SMILES string of the molecule is CCCCCC1=NCC(C(=O)CC2=CN=C3CCC=CC3C2)CC1c1ccccc1. The van der Waals surface area contributed by atoms with Crippen LogP contribution >= 0.6 is 0 Å². The molecule has 3 nitrogen and oxygen atoms in total. The van der Waals surface area contributed by atoms with Crippen molar-refractivity contribution < 1.29 is 4.79 Å². The highest BCUT2D eigenvalue weighted by molar-refractivity contribution is 5.94. The number of Topliss-reactive ketones (excluding diaryl/α,β-unsaturated/α-hetero) is 1. The van der Waals surface area contributed by atoms with E-state index in [1.165, 1.54) is 41.8 Å². The topological polar surface area (TPSA) is 41.8 Å². The van der Waals surface area contributed by atoms with Crippen LogP contribution in [-0.2, 0) is 4.79 Å². The molecule has 0 saturated heterocycles. The Labute approximate surface area is 181 Å². The van der Waals surface area contributed by atoms with Crippen molar-refractivity contribution in [3.63, 3.8) is 0 Å². The summed E-state index contributed by atoms with van der Waals surface area (Å²) in [6.07, 6.45) is 15.8. The van der Waals surface area contributed by atoms with E-state index < -0.39 is 0 Å². The quantitative estimate of drug-likeness (QED) is 0.363. The van der Waals surface area contributed by atoms with Gasteiger partial charge in [-0.25, -0.2) is 0 Å². The van der Waals surface area contributed by atoms with Gasteiger partial charge < -0.3 is 0 Å². The molecule has 2 heterocycles. The number of unbranched alkanes of at least 4 members (excludes halogenated alkanes) is 2. The highest BCUT2D eigenvalue weighted by Gasteiger charge is 2.31. The van der Waals surface area contributed by atoms with Crippen LogP contribution < -0.4 is 0 Å². The molecule has 3 aliphatic rings. The number of ketones is 1. The molecule has 0 fully saturated rings. The Hall–Kier alpha value is -2.29. The number of rotatable bonds is 8. The molecule has 0 N–H and O–H groups in total. The van der Waals surface area contributed by atoms with Crippen LogP contribution in [0.5, 0.6) is 0 Å². The Morgan fingerprint density at radius 3 is 2.87 bits per heavy atom. The molecule has 1 aromatic carbocycles. The lowest BCUT2D eigenvalue weighted by atomic mass is 9.78. The Morgan fingerprint density at radius 1 is 1.17 bits per heavy atom. The van der Waals surface area contributed by atoms with Crippen LogP contribution in [0, 0.1) is 11.8 Å². The minimum Gasteiger partial charge on any atom is -0.299 e. The highest BCUT2D eigenvalue weighted by atomic mass is 16.1. The molecule has 3 atom stereocenters. The number of fused-ring (bicyclic) bond motifs is 1. The largest absolute Gasteiger partial charge is 0.299 e. The van der Waals surface area contributed by atoms with E-state index in [1.807, 2.05) is 6.20 Å². The summed E-state index contributed by atoms with van der Waals surface area (Å²) in [6, 6.07) is 10.7. The van der Waals surface area contributed by atoms with Gasteiger partial charge in [-0.15, -0.1) is 0 Å². The summed E-state index contributed by atoms with van der Waals surface area (Å²) in [5.74, 6) is 1.07. The summed E-state index contributed by atoms with van der Waals surface area (Å²) >= 11 is 0. The average molecular weight is 403 g/mol. The van der Waals surface area contributed by atoms with Gasteiger partial charge in [0.05, 0.1) is 0 Å². The zero-order valence-electron chi connectivity index (χ0n) is 18.2. The molecule has 0 saturated carbocycles. The van der Waals surface area contributed by atoms with Crippen LogP contribution in [0.4, 0.5) is 0 Å². The summed E-state index contributed by atoms with van der Waals surface area (Å²) in [5, 5.41) is 0. The molecule has 0 amide bonds. The molecule has 3 heteroatoms. The maximum Gasteiger partial charge on any atom is 0.141 e. The second kappa shape index (κ2) is 10.1. The van der Waals surface area contributed by atoms with Crippen molar-refractivity contribution in [3.05, 3.63) is 59.8 Å². The fourth-order valence-corrected chi connectivity index (χ4v) is 5.02. The summed E-state index contributed by atoms with van der Waals surface area (Å²) in [5.41, 5.74) is 5.09. The lowest BCUT2D eigenvalue weighted by molar-refractivity contribution is -0.122. The van der Waals surface area contributed by atoms with Gasteiger partial charge in [-0.1, -0.05) is 62.2 Å². The highest BCUT2D eigenvalue weighted by Crippen LogP contribution is 2.34. The Bertz CT molecular complexity index is 862. The smallest absolute Gasteiger partial charge is 0.141 e. The molecule has 30 heavy (non-hydrogen) atoms. The Kier molecular flexibility index (Phi) is 7.09. The Balaban J connectivity index is 1.44. The molecule has 1 aromatic rings. The monoisotopic (exact) mass is 402 g/mol. The molecule has 2 aliphatic heterocycles. The third-order valence-corrected chi connectivity index (χ3v) is 6.79. The third-order valence-electron chi connectivity index (χ3n) is 6.79. The van der Waals surface area contributed by atoms with Crippen molar-refractivity contribution >= 4 is 17.2 Å². The number of nitrogens with zero attached hydrogens (tertiary/aromatic N) is 2. The second-order valence-electron chi connectivity index (χ2n) is 9.01. The number of aliphatic imine (C=N–C) groups is 2. The van der Waals surface area contributed by atoms with Crippen molar-refractivity contribution in [1.29, 1.82) is 0 Å². The molecule has 4 rings (SSSR count). The van der Waals surface area contributed by atoms with Gasteiger partial charge in [-0.2, -0.15) is 0 Å². The summed E-state index contributed by atoms with van der Waals surface area (Å²) in [7, 11) is 0. The average Bonchev–Trinajstić information content (AvgIpc) is 2.80. The van der Waals surface area contributed by atoms with E-state index in [0.717, 1.165) is 32.1 Å². The molecule has 3 unspecified atom stereocenters. The molecular weight excluding hydrogens is 368 g/mol. The summed E-state index contributed by atoms with van der Waals surface area (Å²) in [6.45, 7) is 2.90. The van der Waals surface area contributed by atoms with Gasteiger partial charge in [-0.05, 0) is 49.7 Å². The predicted molar refractivity (Wildman–Crippen MR) is 125 cm³/mol. The van der Waals surface area contributed by atoms with Gasteiger partial charge in [0.15, 0.2) is 0 Å². The molecule has 0 spiro atoms. The number of carbonyl (C=O) groups is 1. The maximum absolute atomic E-state index is 13.2. The normalized spacial score (nSPS) is 25.8. The van der Waals surface area contributed by atoms with E-state index in [1.54, 1.807) is 0 Å². The zero-order chi connectivity index (χ0) is 20.8. The number of hydrogen-bond donors (Lipinski definition) is 0. The summed E-state index contributed by atoms with van der Waals surface area (Å²) in [4.78, 5) is 22.8. The zero-order valence-corrected chi connectivity index (χ0v) is 18.2. The molecular formula is C27H34N2O. The molecule has 1 aliphatic carbocycles. The first kappa shape index (κ1) is 21.0. The van der Waals surface area contributed by atoms with Crippen molar-refractivity contribution in [3.8, 4) is 0 Å². The van der Waals surface area contributed by atoms with Crippen molar-refractivity contribution in [1.82, 2.24) is 0 Å². The minimum atomic E-state index is 0.0262. The van der Waals surface area contributed by atoms with Gasteiger partial charge in [0, 0.05) is 48.3 Å². The predicted octanol–water partition coefficient (Wildman–Crippen LogP) is 6.47. The van der Waals surface area contributed by atoms with Gasteiger partial charge in [0.1, 0.15) is 5.78 Å². The first-order valence-corrected chi connectivity index (χ1v) is 11.8. The van der Waals surface area contributed by atoms with E-state index in [-0.39, 0.29) is 11.8 Å². The fraction of sp³-hybridized carbons (Fsp3) is 0.519. The van der Waals surface area contributed by atoms with Crippen LogP contribution in [0.3, 0.4) is 0 Å². The van der Waals surface area contributed by atoms with Crippen LogP contribution in [0.25, 0.3) is 0 Å². The van der Waals surface area contributed by atoms with Gasteiger partial charge in [0.25, 0.3) is 0 Å². The van der Waals surface area contributed by atoms with Gasteiger partial charge >= 0.3 is 0 Å². The van der Waals surface area contributed by atoms with Crippen LogP contribution in [0.15, 0.2) is 64.2 Å². The summed E-state index contributed by atoms with van der Waals surface area (Å²) < 4.78 is 0. The first-order valence-electron chi connectivity index (χ1n) is 11.8. The fourth-order valence-electron chi connectivity index (χ4n) is 5.02. The number of hydrogen-bond acceptors (Lipinski definition) is 3. The van der Waals surface area contributed by atoms with Gasteiger partial charge in [-0.3, -0.25) is 14.8 Å². The Morgan fingerprint density at radius 2 is 2.03 bits per heavy atom. The third kappa shape index (κ3) is 5.06. The molecule has 158 valence electrons. The van der Waals surface area contributed by atoms with Crippen molar-refractivity contribution in [2.75, 3.05) is 6.54 Å². The molecule has 0 radical (unpaired) electrons. The first-order chi connectivity index (χ1) is 14.7. The van der Waals surface area contributed by atoms with Crippen molar-refractivity contribution in [2.24, 2.45) is 21.8 Å². The number of benzene rings is 1. The molecule has 0 bridgehead atoms. The van der Waals surface area contributed by atoms with Crippen LogP contribution in [0.2, 0.25) is 0 Å². The van der Waals surface area contributed by atoms with Crippen LogP contribution in [0.1, 0.15) is 76.2 Å².